The van der Waals surface area contributed by atoms with Crippen LogP contribution in [0, 0.1) is 0 Å². The van der Waals surface area contributed by atoms with Crippen molar-refractivity contribution < 1.29 is 9.59 Å². The predicted octanol–water partition coefficient (Wildman–Crippen LogP) is 1.52. The Bertz CT molecular complexity index is 606. The third kappa shape index (κ3) is 6.15. The van der Waals surface area contributed by atoms with Crippen molar-refractivity contribution in [1.29, 1.82) is 0 Å². The van der Waals surface area contributed by atoms with Crippen molar-refractivity contribution in [2.45, 2.75) is 19.4 Å². The quantitative estimate of drug-likeness (QED) is 0.621. The minimum atomic E-state index is -0.651. The van der Waals surface area contributed by atoms with Crippen molar-refractivity contribution in [2.75, 3.05) is 39.3 Å². The number of carbonyl (C=O) groups excluding carboxylic acids is 2. The van der Waals surface area contributed by atoms with Gasteiger partial charge in [-0.2, -0.15) is 0 Å². The van der Waals surface area contributed by atoms with Gasteiger partial charge in [-0.05, 0) is 32.0 Å². The standard InChI is InChI=1S/C17H24Cl2N4O2/c1-12(22-17(25)13-4-2-5-14(18)15(13)19)16(24)21-6-3-9-23-10-7-20-8-11-23/h2,4-5,12,20H,3,6-11H2,1H3,(H,21,24)(H,22,25). The SMILES string of the molecule is CC(NC(=O)c1cccc(Cl)c1Cl)C(=O)NCCCN1CCNCC1. The highest BCUT2D eigenvalue weighted by Gasteiger charge is 2.19. The van der Waals surface area contributed by atoms with Gasteiger partial charge in [0.2, 0.25) is 5.91 Å². The molecule has 0 bridgehead atoms. The van der Waals surface area contributed by atoms with Gasteiger partial charge in [0.1, 0.15) is 6.04 Å². The molecule has 6 nitrogen and oxygen atoms in total. The normalized spacial score (nSPS) is 16.3. The van der Waals surface area contributed by atoms with E-state index in [1.807, 2.05) is 0 Å². The molecule has 0 aromatic heterocycles. The molecule has 1 aromatic carbocycles. The number of halogens is 2. The van der Waals surface area contributed by atoms with E-state index in [-0.39, 0.29) is 16.5 Å². The highest BCUT2D eigenvalue weighted by atomic mass is 35.5. The fourth-order valence-electron chi connectivity index (χ4n) is 2.62. The van der Waals surface area contributed by atoms with Gasteiger partial charge in [0.25, 0.3) is 5.91 Å². The van der Waals surface area contributed by atoms with Crippen molar-refractivity contribution in [3.05, 3.63) is 33.8 Å². The zero-order valence-electron chi connectivity index (χ0n) is 14.3. The Morgan fingerprint density at radius 3 is 2.72 bits per heavy atom. The van der Waals surface area contributed by atoms with Gasteiger partial charge in [0.15, 0.2) is 0 Å². The molecule has 0 saturated carbocycles. The van der Waals surface area contributed by atoms with E-state index in [4.69, 9.17) is 23.2 Å². The molecule has 25 heavy (non-hydrogen) atoms. The Kier molecular flexibility index (Phi) is 7.96. The molecule has 138 valence electrons. The van der Waals surface area contributed by atoms with E-state index in [1.54, 1.807) is 25.1 Å². The molecule has 8 heteroatoms. The molecule has 1 aliphatic rings. The van der Waals surface area contributed by atoms with Gasteiger partial charge in [0, 0.05) is 32.7 Å². The zero-order chi connectivity index (χ0) is 18.2. The number of benzene rings is 1. The van der Waals surface area contributed by atoms with Crippen molar-refractivity contribution in [3.8, 4) is 0 Å². The third-order valence-electron chi connectivity index (χ3n) is 4.10. The average Bonchev–Trinajstić information content (AvgIpc) is 2.61. The minimum Gasteiger partial charge on any atom is -0.354 e. The first kappa shape index (κ1) is 20.0. The summed E-state index contributed by atoms with van der Waals surface area (Å²) in [6, 6.07) is 4.17. The number of amides is 2. The Balaban J connectivity index is 1.72. The van der Waals surface area contributed by atoms with Crippen LogP contribution in [0.15, 0.2) is 18.2 Å². The Hall–Kier alpha value is -1.34. The fourth-order valence-corrected chi connectivity index (χ4v) is 3.01. The largest absolute Gasteiger partial charge is 0.354 e. The summed E-state index contributed by atoms with van der Waals surface area (Å²) in [7, 11) is 0. The van der Waals surface area contributed by atoms with Crippen molar-refractivity contribution in [2.24, 2.45) is 0 Å². The summed E-state index contributed by atoms with van der Waals surface area (Å²) in [6.07, 6.45) is 0.881. The van der Waals surface area contributed by atoms with Gasteiger partial charge >= 0.3 is 0 Å². The molecule has 0 spiro atoms. The van der Waals surface area contributed by atoms with Crippen LogP contribution >= 0.6 is 23.2 Å². The van der Waals surface area contributed by atoms with Crippen molar-refractivity contribution in [1.82, 2.24) is 20.9 Å². The van der Waals surface area contributed by atoms with Crippen molar-refractivity contribution in [3.63, 3.8) is 0 Å². The number of nitrogens with zero attached hydrogens (tertiary/aromatic N) is 1. The number of hydrogen-bond donors (Lipinski definition) is 3. The van der Waals surface area contributed by atoms with Crippen LogP contribution < -0.4 is 16.0 Å². The van der Waals surface area contributed by atoms with Crippen LogP contribution in [0.5, 0.6) is 0 Å². The van der Waals surface area contributed by atoms with E-state index in [9.17, 15) is 9.59 Å². The molecule has 3 N–H and O–H groups in total. The number of rotatable bonds is 7. The molecule has 1 aromatic rings. The maximum Gasteiger partial charge on any atom is 0.253 e. The first-order valence-corrected chi connectivity index (χ1v) is 9.20. The molecule has 1 heterocycles. The van der Waals surface area contributed by atoms with Gasteiger partial charge in [-0.15, -0.1) is 0 Å². The summed E-state index contributed by atoms with van der Waals surface area (Å²) in [5.74, 6) is -0.636. The van der Waals surface area contributed by atoms with Crippen LogP contribution in [0.2, 0.25) is 10.0 Å². The highest BCUT2D eigenvalue weighted by molar-refractivity contribution is 6.43. The van der Waals surface area contributed by atoms with Crippen molar-refractivity contribution >= 4 is 35.0 Å². The van der Waals surface area contributed by atoms with Crippen LogP contribution in [0.1, 0.15) is 23.7 Å². The van der Waals surface area contributed by atoms with E-state index >= 15 is 0 Å². The molecule has 0 aliphatic carbocycles. The number of nitrogens with one attached hydrogen (secondary N) is 3. The second-order valence-corrected chi connectivity index (χ2v) is 6.82. The molecule has 2 rings (SSSR count). The van der Waals surface area contributed by atoms with E-state index in [0.29, 0.717) is 11.6 Å². The van der Waals surface area contributed by atoms with E-state index in [1.165, 1.54) is 0 Å². The lowest BCUT2D eigenvalue weighted by molar-refractivity contribution is -0.122. The second-order valence-electron chi connectivity index (χ2n) is 6.03. The molecule has 1 fully saturated rings. The van der Waals surface area contributed by atoms with Gasteiger partial charge in [-0.1, -0.05) is 29.3 Å². The second kappa shape index (κ2) is 9.97. The smallest absolute Gasteiger partial charge is 0.253 e. The van der Waals surface area contributed by atoms with E-state index < -0.39 is 11.9 Å². The Labute approximate surface area is 158 Å². The first-order valence-electron chi connectivity index (χ1n) is 8.44. The molecule has 2 amide bonds. The van der Waals surface area contributed by atoms with Crippen LogP contribution in [0.25, 0.3) is 0 Å². The maximum atomic E-state index is 12.2. The Morgan fingerprint density at radius 2 is 2.00 bits per heavy atom. The summed E-state index contributed by atoms with van der Waals surface area (Å²) < 4.78 is 0. The van der Waals surface area contributed by atoms with Crippen LogP contribution in [-0.2, 0) is 4.79 Å². The highest BCUT2D eigenvalue weighted by Crippen LogP contribution is 2.25. The van der Waals surface area contributed by atoms with Crippen LogP contribution in [0.3, 0.4) is 0 Å². The number of piperazine rings is 1. The maximum absolute atomic E-state index is 12.2. The summed E-state index contributed by atoms with van der Waals surface area (Å²) in [6.45, 7) is 7.30. The monoisotopic (exact) mass is 386 g/mol. The van der Waals surface area contributed by atoms with Crippen LogP contribution in [0.4, 0.5) is 0 Å². The minimum absolute atomic E-state index is 0.185. The molecule has 1 unspecified atom stereocenters. The zero-order valence-corrected chi connectivity index (χ0v) is 15.8. The van der Waals surface area contributed by atoms with Gasteiger partial charge in [-0.3, -0.25) is 9.59 Å². The summed E-state index contributed by atoms with van der Waals surface area (Å²) in [5, 5.41) is 9.29. The van der Waals surface area contributed by atoms with Gasteiger partial charge in [-0.25, -0.2) is 0 Å². The Morgan fingerprint density at radius 1 is 1.28 bits per heavy atom. The molecule has 1 aliphatic heterocycles. The molecule has 1 saturated heterocycles. The summed E-state index contributed by atoms with van der Waals surface area (Å²) in [5.41, 5.74) is 0.257. The summed E-state index contributed by atoms with van der Waals surface area (Å²) in [4.78, 5) is 26.7. The van der Waals surface area contributed by atoms with Gasteiger partial charge in [0.05, 0.1) is 15.6 Å². The van der Waals surface area contributed by atoms with Crippen LogP contribution in [-0.4, -0.2) is 62.0 Å². The number of hydrogen-bond acceptors (Lipinski definition) is 4. The lowest BCUT2D eigenvalue weighted by Crippen LogP contribution is -2.46. The summed E-state index contributed by atoms with van der Waals surface area (Å²) >= 11 is 11.9. The topological polar surface area (TPSA) is 73.5 Å². The predicted molar refractivity (Wildman–Crippen MR) is 100 cm³/mol. The number of carbonyl (C=O) groups is 2. The molecule has 1 atom stereocenters. The van der Waals surface area contributed by atoms with E-state index in [0.717, 1.165) is 39.1 Å². The third-order valence-corrected chi connectivity index (χ3v) is 4.92. The van der Waals surface area contributed by atoms with E-state index in [2.05, 4.69) is 20.9 Å². The average molecular weight is 387 g/mol. The molecule has 0 radical (unpaired) electrons. The molecular formula is C17H24Cl2N4O2. The van der Waals surface area contributed by atoms with Gasteiger partial charge < -0.3 is 20.9 Å². The first-order chi connectivity index (χ1) is 12.0. The lowest BCUT2D eigenvalue weighted by Gasteiger charge is -2.27. The lowest BCUT2D eigenvalue weighted by atomic mass is 10.2. The fraction of sp³-hybridized carbons (Fsp3) is 0.529. The molecular weight excluding hydrogens is 363 g/mol.